The number of ether oxygens (including phenoxy) is 3. The van der Waals surface area contributed by atoms with Crippen molar-refractivity contribution in [2.45, 2.75) is 38.2 Å². The van der Waals surface area contributed by atoms with Gasteiger partial charge in [-0.2, -0.15) is 10.2 Å². The fourth-order valence-corrected chi connectivity index (χ4v) is 5.98. The van der Waals surface area contributed by atoms with Gasteiger partial charge in [0.2, 0.25) is 5.79 Å². The van der Waals surface area contributed by atoms with Crippen molar-refractivity contribution in [2.75, 3.05) is 55.7 Å². The third-order valence-electron chi connectivity index (χ3n) is 8.86. The molecule has 12 nitrogen and oxygen atoms in total. The molecule has 4 aromatic rings. The van der Waals surface area contributed by atoms with E-state index in [-0.39, 0.29) is 31.5 Å². The summed E-state index contributed by atoms with van der Waals surface area (Å²) in [6.07, 6.45) is 4.09. The van der Waals surface area contributed by atoms with Gasteiger partial charge < -0.3 is 34.8 Å². The van der Waals surface area contributed by atoms with E-state index >= 15 is 8.78 Å². The molecular formula is C35H40F2N8O4. The van der Waals surface area contributed by atoms with Gasteiger partial charge in [-0.1, -0.05) is 37.3 Å². The number of aromatic nitrogens is 3. The standard InChI is InChI=1S/C35H40F2N8O4/c1-3-25(2)45-34(46)44(24-41-45)28-11-9-27(10-12-28)42-15-17-43(18-16-42)29-19-31(36)33(32(37)20-29)47-21-30-22-48-35(49-30,23-40-39-14-13-38)26-7-5-4-6-8-26/h4-14,19-20,24-25,30,38,40H,3,15-18,21-23H2,1-2H3/b38-13?,39-14-/t25?,30-,35-/m1/s1. The monoisotopic (exact) mass is 674 g/mol. The molecule has 3 aromatic carbocycles. The third-order valence-corrected chi connectivity index (χ3v) is 8.86. The maximum absolute atomic E-state index is 15.3. The maximum Gasteiger partial charge on any atom is 0.350 e. The van der Waals surface area contributed by atoms with Crippen LogP contribution in [0.1, 0.15) is 31.9 Å². The Kier molecular flexibility index (Phi) is 10.3. The number of nitrogens with one attached hydrogen (secondary N) is 2. The maximum atomic E-state index is 15.3. The van der Waals surface area contributed by atoms with Crippen molar-refractivity contribution >= 4 is 23.8 Å². The lowest BCUT2D eigenvalue weighted by molar-refractivity contribution is -0.175. The zero-order valence-electron chi connectivity index (χ0n) is 27.5. The summed E-state index contributed by atoms with van der Waals surface area (Å²) in [5.74, 6) is -3.24. The van der Waals surface area contributed by atoms with Crippen molar-refractivity contribution in [3.8, 4) is 11.4 Å². The van der Waals surface area contributed by atoms with E-state index in [0.29, 0.717) is 31.9 Å². The number of hydrogen-bond acceptors (Lipinski definition) is 10. The van der Waals surface area contributed by atoms with Crippen molar-refractivity contribution in [1.82, 2.24) is 19.8 Å². The Morgan fingerprint density at radius 1 is 1.04 bits per heavy atom. The smallest absolute Gasteiger partial charge is 0.350 e. The average molecular weight is 675 g/mol. The zero-order chi connectivity index (χ0) is 34.4. The Balaban J connectivity index is 1.04. The van der Waals surface area contributed by atoms with Crippen LogP contribution in [0.2, 0.25) is 0 Å². The topological polar surface area (TPSA) is 122 Å². The molecule has 1 unspecified atom stereocenters. The highest BCUT2D eigenvalue weighted by Crippen LogP contribution is 2.35. The summed E-state index contributed by atoms with van der Waals surface area (Å²) < 4.78 is 51.4. The summed E-state index contributed by atoms with van der Waals surface area (Å²) in [6.45, 7) is 6.57. The second-order valence-electron chi connectivity index (χ2n) is 12.0. The number of rotatable bonds is 13. The van der Waals surface area contributed by atoms with E-state index in [1.807, 2.05) is 73.3 Å². The van der Waals surface area contributed by atoms with E-state index in [1.54, 1.807) is 6.33 Å². The van der Waals surface area contributed by atoms with E-state index in [2.05, 4.69) is 20.5 Å². The molecule has 0 spiro atoms. The number of halogens is 2. The molecule has 2 aliphatic heterocycles. The highest BCUT2D eigenvalue weighted by molar-refractivity contribution is 6.14. The highest BCUT2D eigenvalue weighted by Gasteiger charge is 2.43. The predicted molar refractivity (Wildman–Crippen MR) is 183 cm³/mol. The van der Waals surface area contributed by atoms with Crippen LogP contribution in [-0.4, -0.2) is 78.8 Å². The number of hydrogen-bond donors (Lipinski definition) is 2. The quantitative estimate of drug-likeness (QED) is 0.157. The van der Waals surface area contributed by atoms with Gasteiger partial charge in [0.1, 0.15) is 19.0 Å². The molecule has 2 aliphatic rings. The summed E-state index contributed by atoms with van der Waals surface area (Å²) in [7, 11) is 0. The second-order valence-corrected chi connectivity index (χ2v) is 12.0. The molecule has 0 radical (unpaired) electrons. The molecule has 49 heavy (non-hydrogen) atoms. The van der Waals surface area contributed by atoms with Gasteiger partial charge in [-0.25, -0.2) is 22.8 Å². The van der Waals surface area contributed by atoms with Gasteiger partial charge in [0, 0.05) is 61.5 Å². The van der Waals surface area contributed by atoms with Crippen LogP contribution in [0.4, 0.5) is 20.2 Å². The van der Waals surface area contributed by atoms with Crippen molar-refractivity contribution in [2.24, 2.45) is 5.10 Å². The summed E-state index contributed by atoms with van der Waals surface area (Å²) in [4.78, 5) is 16.9. The van der Waals surface area contributed by atoms with Gasteiger partial charge in [-0.05, 0) is 37.6 Å². The third kappa shape index (κ3) is 7.34. The lowest BCUT2D eigenvalue weighted by Crippen LogP contribution is -2.46. The summed E-state index contributed by atoms with van der Waals surface area (Å²) in [6, 6.07) is 19.6. The predicted octanol–water partition coefficient (Wildman–Crippen LogP) is 4.48. The molecule has 14 heteroatoms. The van der Waals surface area contributed by atoms with E-state index < -0.39 is 29.3 Å². The molecule has 3 atom stereocenters. The highest BCUT2D eigenvalue weighted by atomic mass is 19.1. The number of nitrogens with zero attached hydrogens (tertiary/aromatic N) is 6. The number of benzene rings is 3. The molecule has 2 N–H and O–H groups in total. The molecule has 258 valence electrons. The molecule has 2 fully saturated rings. The molecular weight excluding hydrogens is 634 g/mol. The average Bonchev–Trinajstić information content (AvgIpc) is 3.74. The number of hydrazone groups is 1. The fraction of sp³-hybridized carbons (Fsp3) is 0.371. The van der Waals surface area contributed by atoms with Gasteiger partial charge in [-0.15, -0.1) is 0 Å². The number of piperazine rings is 1. The lowest BCUT2D eigenvalue weighted by Gasteiger charge is -2.37. The van der Waals surface area contributed by atoms with Crippen LogP contribution < -0.4 is 25.7 Å². The Morgan fingerprint density at radius 2 is 1.69 bits per heavy atom. The Bertz CT molecular complexity index is 1790. The fourth-order valence-electron chi connectivity index (χ4n) is 5.98. The van der Waals surface area contributed by atoms with Crippen molar-refractivity contribution in [3.05, 3.63) is 101 Å². The molecule has 6 rings (SSSR count). The minimum absolute atomic E-state index is 0.0200. The molecule has 2 saturated heterocycles. The zero-order valence-corrected chi connectivity index (χ0v) is 27.5. The van der Waals surface area contributed by atoms with Crippen LogP contribution in [-0.2, 0) is 15.3 Å². The van der Waals surface area contributed by atoms with Gasteiger partial charge in [0.15, 0.2) is 17.4 Å². The minimum Gasteiger partial charge on any atom is -0.485 e. The largest absolute Gasteiger partial charge is 0.485 e. The molecule has 0 bridgehead atoms. The first-order valence-electron chi connectivity index (χ1n) is 16.3. The van der Waals surface area contributed by atoms with Gasteiger partial charge >= 0.3 is 5.69 Å². The second kappa shape index (κ2) is 15.0. The lowest BCUT2D eigenvalue weighted by atomic mass is 10.1. The van der Waals surface area contributed by atoms with Crippen LogP contribution >= 0.6 is 0 Å². The molecule has 1 aromatic heterocycles. The van der Waals surface area contributed by atoms with Crippen molar-refractivity contribution < 1.29 is 23.0 Å². The summed E-state index contributed by atoms with van der Waals surface area (Å²) in [5, 5.41) is 15.3. The van der Waals surface area contributed by atoms with E-state index in [0.717, 1.165) is 29.6 Å². The van der Waals surface area contributed by atoms with E-state index in [4.69, 9.17) is 19.6 Å². The first-order valence-corrected chi connectivity index (χ1v) is 16.3. The van der Waals surface area contributed by atoms with Crippen LogP contribution in [0.3, 0.4) is 0 Å². The molecule has 0 saturated carbocycles. The Morgan fingerprint density at radius 3 is 2.35 bits per heavy atom. The van der Waals surface area contributed by atoms with Crippen LogP contribution in [0, 0.1) is 17.0 Å². The Hall–Kier alpha value is -5.08. The van der Waals surface area contributed by atoms with Gasteiger partial charge in [-0.3, -0.25) is 0 Å². The van der Waals surface area contributed by atoms with Crippen LogP contribution in [0.5, 0.6) is 5.75 Å². The Labute approximate surface area is 283 Å². The van der Waals surface area contributed by atoms with E-state index in [1.165, 1.54) is 27.6 Å². The van der Waals surface area contributed by atoms with E-state index in [9.17, 15) is 4.79 Å². The SMILES string of the molecule is CCC(C)n1ncn(-c2ccc(N3CCN(c4cc(F)c(OC[C@@H]5CO[C@@](CN/N=C\C=N)(c6ccccc6)O5)c(F)c4)CC3)cc2)c1=O. The number of anilines is 2. The van der Waals surface area contributed by atoms with Gasteiger partial charge in [0.25, 0.3) is 0 Å². The summed E-state index contributed by atoms with van der Waals surface area (Å²) in [5.41, 5.74) is 5.58. The minimum atomic E-state index is -1.18. The van der Waals surface area contributed by atoms with Crippen molar-refractivity contribution in [1.29, 1.82) is 5.41 Å². The molecule has 0 amide bonds. The van der Waals surface area contributed by atoms with Gasteiger partial charge in [0.05, 0.1) is 31.1 Å². The van der Waals surface area contributed by atoms with Crippen LogP contribution in [0.15, 0.2) is 83.0 Å². The molecule has 3 heterocycles. The first-order chi connectivity index (χ1) is 23.8. The van der Waals surface area contributed by atoms with Crippen molar-refractivity contribution in [3.63, 3.8) is 0 Å². The van der Waals surface area contributed by atoms with Crippen LogP contribution in [0.25, 0.3) is 5.69 Å². The molecule has 0 aliphatic carbocycles. The normalized spacial score (nSPS) is 20.1. The first kappa shape index (κ1) is 33.8. The summed E-state index contributed by atoms with van der Waals surface area (Å²) >= 11 is 0.